The number of rotatable bonds is 6. The molecule has 0 bridgehead atoms. The summed E-state index contributed by atoms with van der Waals surface area (Å²) in [6.45, 7) is 5.43. The maximum absolute atomic E-state index is 11.7. The lowest BCUT2D eigenvalue weighted by atomic mass is 10.0. The van der Waals surface area contributed by atoms with E-state index < -0.39 is 21.8 Å². The van der Waals surface area contributed by atoms with Crippen molar-refractivity contribution in [3.8, 4) is 0 Å². The van der Waals surface area contributed by atoms with Crippen LogP contribution in [-0.2, 0) is 27.7 Å². The van der Waals surface area contributed by atoms with Crippen LogP contribution in [0, 0.1) is 0 Å². The molecule has 1 amide bonds. The van der Waals surface area contributed by atoms with Gasteiger partial charge in [0.05, 0.1) is 4.90 Å². The summed E-state index contributed by atoms with van der Waals surface area (Å²) in [6, 6.07) is 13.8. The largest absolute Gasteiger partial charge is 0.444 e. The molecule has 0 saturated heterocycles. The van der Waals surface area contributed by atoms with E-state index in [9.17, 15) is 13.2 Å². The molecule has 0 radical (unpaired) electrons. The monoisotopic (exact) mass is 391 g/mol. The summed E-state index contributed by atoms with van der Waals surface area (Å²) in [7, 11) is -4.15. The van der Waals surface area contributed by atoms with Gasteiger partial charge in [0, 0.05) is 5.69 Å². The summed E-state index contributed by atoms with van der Waals surface area (Å²) >= 11 is 0. The van der Waals surface area contributed by atoms with Gasteiger partial charge in [-0.2, -0.15) is 8.42 Å². The topological polar surface area (TPSA) is 92.7 Å². The Kier molecular flexibility index (Phi) is 6.62. The minimum Gasteiger partial charge on any atom is -0.444 e. The van der Waals surface area contributed by atoms with Crippen molar-refractivity contribution in [2.45, 2.75) is 50.5 Å². The molecule has 7 heteroatoms. The van der Waals surface area contributed by atoms with Crippen LogP contribution in [0.5, 0.6) is 0 Å². The fourth-order valence-electron chi connectivity index (χ4n) is 2.50. The van der Waals surface area contributed by atoms with Gasteiger partial charge in [-0.05, 0) is 75.4 Å². The Bertz CT molecular complexity index is 866. The van der Waals surface area contributed by atoms with E-state index in [-0.39, 0.29) is 4.90 Å². The van der Waals surface area contributed by atoms with Crippen LogP contribution >= 0.6 is 0 Å². The molecule has 27 heavy (non-hydrogen) atoms. The molecule has 2 aromatic rings. The number of hydrogen-bond acceptors (Lipinski definition) is 4. The molecular formula is C20H25NO5S. The lowest BCUT2D eigenvalue weighted by molar-refractivity contribution is 0.0636. The van der Waals surface area contributed by atoms with Crippen molar-refractivity contribution in [3.63, 3.8) is 0 Å². The van der Waals surface area contributed by atoms with E-state index in [1.807, 2.05) is 45.0 Å². The summed E-state index contributed by atoms with van der Waals surface area (Å²) in [6.07, 6.45) is 2.06. The fraction of sp³-hybridized carbons (Fsp3) is 0.350. The first-order valence-corrected chi connectivity index (χ1v) is 10.1. The Balaban J connectivity index is 1.82. The molecule has 0 saturated carbocycles. The Labute approximate surface area is 160 Å². The van der Waals surface area contributed by atoms with Gasteiger partial charge in [0.1, 0.15) is 5.60 Å². The number of carbonyl (C=O) groups excluding carboxylic acids is 1. The first-order valence-electron chi connectivity index (χ1n) is 8.68. The molecule has 146 valence electrons. The molecule has 0 aliphatic carbocycles. The molecule has 6 nitrogen and oxygen atoms in total. The van der Waals surface area contributed by atoms with E-state index >= 15 is 0 Å². The Morgan fingerprint density at radius 3 is 1.89 bits per heavy atom. The average Bonchev–Trinajstić information content (AvgIpc) is 2.54. The number of aryl methyl sites for hydroxylation is 2. The molecule has 0 fully saturated rings. The van der Waals surface area contributed by atoms with Gasteiger partial charge in [0.2, 0.25) is 0 Å². The van der Waals surface area contributed by atoms with Crippen LogP contribution in [-0.4, -0.2) is 24.7 Å². The predicted octanol–water partition coefficient (Wildman–Crippen LogP) is 4.46. The van der Waals surface area contributed by atoms with Crippen LogP contribution in [0.4, 0.5) is 10.5 Å². The Hall–Kier alpha value is -2.38. The van der Waals surface area contributed by atoms with Gasteiger partial charge in [-0.15, -0.1) is 0 Å². The first-order chi connectivity index (χ1) is 12.5. The summed E-state index contributed by atoms with van der Waals surface area (Å²) < 4.78 is 36.2. The molecule has 0 aromatic heterocycles. The Morgan fingerprint density at radius 1 is 0.963 bits per heavy atom. The zero-order valence-electron chi connectivity index (χ0n) is 15.7. The zero-order valence-corrected chi connectivity index (χ0v) is 16.5. The van der Waals surface area contributed by atoms with E-state index in [1.54, 1.807) is 12.1 Å². The second-order valence-electron chi connectivity index (χ2n) is 7.30. The van der Waals surface area contributed by atoms with Gasteiger partial charge >= 0.3 is 6.09 Å². The average molecular weight is 391 g/mol. The highest BCUT2D eigenvalue weighted by atomic mass is 32.2. The van der Waals surface area contributed by atoms with Crippen molar-refractivity contribution in [2.75, 3.05) is 5.32 Å². The van der Waals surface area contributed by atoms with E-state index in [2.05, 4.69) is 5.32 Å². The standard InChI is InChI=1S/C20H25NO5S/c1-20(2,3)26-19(22)21-17-11-7-15(8-12-17)5-4-6-16-9-13-18(14-10-16)27(23,24)25/h7-14H,4-6H2,1-3H3,(H,21,22)(H,23,24,25). The van der Waals surface area contributed by atoms with Crippen molar-refractivity contribution in [1.82, 2.24) is 0 Å². The quantitative estimate of drug-likeness (QED) is 0.710. The van der Waals surface area contributed by atoms with Crippen LogP contribution < -0.4 is 5.32 Å². The van der Waals surface area contributed by atoms with Crippen molar-refractivity contribution in [2.24, 2.45) is 0 Å². The number of carbonyl (C=O) groups is 1. The highest BCUT2D eigenvalue weighted by Crippen LogP contribution is 2.16. The van der Waals surface area contributed by atoms with Crippen LogP contribution in [0.25, 0.3) is 0 Å². The minimum atomic E-state index is -4.15. The third-order valence-electron chi connectivity index (χ3n) is 3.75. The van der Waals surface area contributed by atoms with E-state index in [1.165, 1.54) is 12.1 Å². The molecule has 0 unspecified atom stereocenters. The molecule has 0 heterocycles. The third-order valence-corrected chi connectivity index (χ3v) is 4.62. The molecule has 0 aliphatic rings. The van der Waals surface area contributed by atoms with Crippen molar-refractivity contribution < 1.29 is 22.5 Å². The number of benzene rings is 2. The fourth-order valence-corrected chi connectivity index (χ4v) is 2.98. The lowest BCUT2D eigenvalue weighted by Crippen LogP contribution is -2.27. The summed E-state index contributed by atoms with van der Waals surface area (Å²) in [5.41, 5.74) is 2.28. The number of hydrogen-bond donors (Lipinski definition) is 2. The zero-order chi connectivity index (χ0) is 20.1. The van der Waals surface area contributed by atoms with E-state index in [0.29, 0.717) is 5.69 Å². The molecule has 2 aromatic carbocycles. The third kappa shape index (κ3) is 7.40. The van der Waals surface area contributed by atoms with E-state index in [0.717, 1.165) is 30.4 Å². The molecule has 2 N–H and O–H groups in total. The molecule has 0 spiro atoms. The molecule has 0 aliphatic heterocycles. The maximum atomic E-state index is 11.7. The highest BCUT2D eigenvalue weighted by molar-refractivity contribution is 7.85. The van der Waals surface area contributed by atoms with Gasteiger partial charge in [0.25, 0.3) is 10.1 Å². The molecule has 2 rings (SSSR count). The molecular weight excluding hydrogens is 366 g/mol. The number of anilines is 1. The van der Waals surface area contributed by atoms with Gasteiger partial charge in [-0.3, -0.25) is 9.87 Å². The van der Waals surface area contributed by atoms with Crippen molar-refractivity contribution in [3.05, 3.63) is 59.7 Å². The second-order valence-corrected chi connectivity index (χ2v) is 8.72. The minimum absolute atomic E-state index is 0.0978. The van der Waals surface area contributed by atoms with Crippen molar-refractivity contribution >= 4 is 21.9 Å². The van der Waals surface area contributed by atoms with Crippen LogP contribution in [0.3, 0.4) is 0 Å². The lowest BCUT2D eigenvalue weighted by Gasteiger charge is -2.19. The summed E-state index contributed by atoms with van der Waals surface area (Å²) in [4.78, 5) is 11.6. The normalized spacial score (nSPS) is 11.9. The van der Waals surface area contributed by atoms with Crippen LogP contribution in [0.15, 0.2) is 53.4 Å². The summed E-state index contributed by atoms with van der Waals surface area (Å²) in [5.74, 6) is 0. The second kappa shape index (κ2) is 8.54. The van der Waals surface area contributed by atoms with Gasteiger partial charge in [-0.25, -0.2) is 4.79 Å². The smallest absolute Gasteiger partial charge is 0.412 e. The number of amides is 1. The number of nitrogens with one attached hydrogen (secondary N) is 1. The summed E-state index contributed by atoms with van der Waals surface area (Å²) in [5, 5.41) is 2.69. The van der Waals surface area contributed by atoms with Gasteiger partial charge < -0.3 is 4.74 Å². The first kappa shape index (κ1) is 20.9. The number of ether oxygens (including phenoxy) is 1. The highest BCUT2D eigenvalue weighted by Gasteiger charge is 2.16. The van der Waals surface area contributed by atoms with E-state index in [4.69, 9.17) is 9.29 Å². The van der Waals surface area contributed by atoms with Gasteiger partial charge in [-0.1, -0.05) is 24.3 Å². The van der Waals surface area contributed by atoms with Crippen molar-refractivity contribution in [1.29, 1.82) is 0 Å². The van der Waals surface area contributed by atoms with Gasteiger partial charge in [0.15, 0.2) is 0 Å². The SMILES string of the molecule is CC(C)(C)OC(=O)Nc1ccc(CCCc2ccc(S(=O)(=O)O)cc2)cc1. The predicted molar refractivity (Wildman–Crippen MR) is 105 cm³/mol. The Morgan fingerprint density at radius 2 is 1.44 bits per heavy atom. The van der Waals surface area contributed by atoms with Crippen LogP contribution in [0.2, 0.25) is 0 Å². The molecule has 0 atom stereocenters. The van der Waals surface area contributed by atoms with Crippen LogP contribution in [0.1, 0.15) is 38.3 Å². The maximum Gasteiger partial charge on any atom is 0.412 e.